The Morgan fingerprint density at radius 2 is 1.90 bits per heavy atom. The van der Waals surface area contributed by atoms with Crippen LogP contribution >= 0.6 is 0 Å². The van der Waals surface area contributed by atoms with Crippen molar-refractivity contribution in [3.8, 4) is 0 Å². The molecule has 2 saturated heterocycles. The standard InChI is InChI=1S/C13H21BN2O4S/c1-12(2)13(3,4)20-14(19-12)10-7-15-16(8-10)11-5-6-21(17,18)9-11/h7-8,11H,5-6,9H2,1-4H3/t11-/m0/s1. The van der Waals surface area contributed by atoms with E-state index in [9.17, 15) is 8.42 Å². The van der Waals surface area contributed by atoms with Gasteiger partial charge >= 0.3 is 7.12 Å². The second-order valence-corrected chi connectivity index (χ2v) is 9.13. The first kappa shape index (κ1) is 15.1. The summed E-state index contributed by atoms with van der Waals surface area (Å²) in [6.45, 7) is 8.00. The Morgan fingerprint density at radius 1 is 1.29 bits per heavy atom. The number of hydrogen-bond acceptors (Lipinski definition) is 5. The van der Waals surface area contributed by atoms with E-state index in [4.69, 9.17) is 9.31 Å². The zero-order valence-corrected chi connectivity index (χ0v) is 13.7. The maximum absolute atomic E-state index is 11.6. The van der Waals surface area contributed by atoms with Crippen LogP contribution in [-0.4, -0.2) is 48.0 Å². The highest BCUT2D eigenvalue weighted by atomic mass is 32.2. The second-order valence-electron chi connectivity index (χ2n) is 6.90. The van der Waals surface area contributed by atoms with E-state index in [0.717, 1.165) is 5.46 Å². The van der Waals surface area contributed by atoms with Gasteiger partial charge in [0.15, 0.2) is 9.84 Å². The molecule has 2 fully saturated rings. The van der Waals surface area contributed by atoms with Crippen molar-refractivity contribution in [2.24, 2.45) is 0 Å². The molecule has 2 aliphatic rings. The predicted molar refractivity (Wildman–Crippen MR) is 80.3 cm³/mol. The Labute approximate surface area is 125 Å². The molecule has 0 saturated carbocycles. The minimum absolute atomic E-state index is 0.0776. The van der Waals surface area contributed by atoms with Crippen LogP contribution in [0.5, 0.6) is 0 Å². The number of aromatic nitrogens is 2. The van der Waals surface area contributed by atoms with Crippen LogP contribution in [0.2, 0.25) is 0 Å². The molecule has 0 aliphatic carbocycles. The summed E-state index contributed by atoms with van der Waals surface area (Å²) in [6.07, 6.45) is 4.16. The summed E-state index contributed by atoms with van der Waals surface area (Å²) in [5.41, 5.74) is 0.0466. The second kappa shape index (κ2) is 4.57. The maximum Gasteiger partial charge on any atom is 0.498 e. The Hall–Kier alpha value is -0.855. The predicted octanol–water partition coefficient (Wildman–Crippen LogP) is 0.542. The molecular formula is C13H21BN2O4S. The van der Waals surface area contributed by atoms with Crippen molar-refractivity contribution in [1.29, 1.82) is 0 Å². The van der Waals surface area contributed by atoms with E-state index in [2.05, 4.69) is 5.10 Å². The Bertz CT molecular complexity index is 637. The highest BCUT2D eigenvalue weighted by molar-refractivity contribution is 7.91. The Kier molecular flexibility index (Phi) is 3.28. The zero-order valence-electron chi connectivity index (χ0n) is 12.9. The average molecular weight is 312 g/mol. The summed E-state index contributed by atoms with van der Waals surface area (Å²) in [4.78, 5) is 0. The van der Waals surface area contributed by atoms with E-state index in [0.29, 0.717) is 6.42 Å². The van der Waals surface area contributed by atoms with Gasteiger partial charge in [-0.05, 0) is 34.1 Å². The summed E-state index contributed by atoms with van der Waals surface area (Å²) in [5, 5.41) is 4.30. The molecule has 0 unspecified atom stereocenters. The average Bonchev–Trinajstić information content (AvgIpc) is 2.97. The molecule has 1 atom stereocenters. The van der Waals surface area contributed by atoms with Crippen LogP contribution in [0.15, 0.2) is 12.4 Å². The molecule has 8 heteroatoms. The fourth-order valence-electron chi connectivity index (χ4n) is 2.64. The molecule has 6 nitrogen and oxygen atoms in total. The third kappa shape index (κ3) is 2.64. The molecule has 1 aromatic rings. The largest absolute Gasteiger partial charge is 0.498 e. The first-order chi connectivity index (χ1) is 9.60. The van der Waals surface area contributed by atoms with Gasteiger partial charge in [-0.2, -0.15) is 5.10 Å². The lowest BCUT2D eigenvalue weighted by molar-refractivity contribution is 0.00578. The fourth-order valence-corrected chi connectivity index (χ4v) is 4.34. The van der Waals surface area contributed by atoms with Crippen molar-refractivity contribution in [3.63, 3.8) is 0 Å². The van der Waals surface area contributed by atoms with Gasteiger partial charge in [-0.15, -0.1) is 0 Å². The van der Waals surface area contributed by atoms with E-state index in [-0.39, 0.29) is 17.5 Å². The number of rotatable bonds is 2. The van der Waals surface area contributed by atoms with Crippen molar-refractivity contribution in [2.75, 3.05) is 11.5 Å². The summed E-state index contributed by atoms with van der Waals surface area (Å²) >= 11 is 0. The van der Waals surface area contributed by atoms with E-state index in [1.165, 1.54) is 0 Å². The normalized spacial score (nSPS) is 29.9. The van der Waals surface area contributed by atoms with Gasteiger partial charge in [0.2, 0.25) is 0 Å². The molecule has 0 radical (unpaired) electrons. The minimum atomic E-state index is -2.91. The Morgan fingerprint density at radius 3 is 2.43 bits per heavy atom. The van der Waals surface area contributed by atoms with Crippen molar-refractivity contribution in [3.05, 3.63) is 12.4 Å². The van der Waals surface area contributed by atoms with Gasteiger partial charge in [0.1, 0.15) is 0 Å². The van der Waals surface area contributed by atoms with E-state index >= 15 is 0 Å². The lowest BCUT2D eigenvalue weighted by Gasteiger charge is -2.32. The van der Waals surface area contributed by atoms with E-state index < -0.39 is 28.2 Å². The third-order valence-electron chi connectivity index (χ3n) is 4.73. The first-order valence-corrected chi connectivity index (χ1v) is 9.02. The van der Waals surface area contributed by atoms with Gasteiger partial charge in [-0.1, -0.05) is 0 Å². The number of sulfone groups is 1. The first-order valence-electron chi connectivity index (χ1n) is 7.20. The molecule has 0 N–H and O–H groups in total. The highest BCUT2D eigenvalue weighted by Crippen LogP contribution is 2.36. The van der Waals surface area contributed by atoms with Crippen LogP contribution in [0.4, 0.5) is 0 Å². The molecule has 3 rings (SSSR count). The van der Waals surface area contributed by atoms with Crippen molar-refractivity contribution >= 4 is 22.4 Å². The van der Waals surface area contributed by atoms with E-state index in [1.54, 1.807) is 10.9 Å². The molecule has 0 amide bonds. The van der Waals surface area contributed by atoms with Crippen LogP contribution in [-0.2, 0) is 19.1 Å². The molecule has 0 aromatic carbocycles. The molecule has 0 bridgehead atoms. The van der Waals surface area contributed by atoms with E-state index in [1.807, 2.05) is 33.9 Å². The number of nitrogens with zero attached hydrogens (tertiary/aromatic N) is 2. The van der Waals surface area contributed by atoms with Crippen LogP contribution < -0.4 is 5.46 Å². The summed E-state index contributed by atoms with van der Waals surface area (Å²) in [6, 6.07) is -0.0776. The molecular weight excluding hydrogens is 291 g/mol. The minimum Gasteiger partial charge on any atom is -0.399 e. The van der Waals surface area contributed by atoms with Crippen molar-refractivity contribution in [1.82, 2.24) is 9.78 Å². The van der Waals surface area contributed by atoms with Crippen molar-refractivity contribution < 1.29 is 17.7 Å². The van der Waals surface area contributed by atoms with Gasteiger partial charge < -0.3 is 9.31 Å². The number of hydrogen-bond donors (Lipinski definition) is 0. The fraction of sp³-hybridized carbons (Fsp3) is 0.769. The molecule has 1 aromatic heterocycles. The van der Waals surface area contributed by atoms with Crippen LogP contribution in [0.25, 0.3) is 0 Å². The summed E-state index contributed by atoms with van der Waals surface area (Å²) in [5.74, 6) is 0.404. The SMILES string of the molecule is CC1(C)OB(c2cnn([C@H]3CCS(=O)(=O)C3)c2)OC1(C)C. The van der Waals surface area contributed by atoms with Crippen LogP contribution in [0.1, 0.15) is 40.2 Å². The summed E-state index contributed by atoms with van der Waals surface area (Å²) in [7, 11) is -3.37. The molecule has 116 valence electrons. The zero-order chi connectivity index (χ0) is 15.5. The van der Waals surface area contributed by atoms with Gasteiger partial charge in [0, 0.05) is 17.9 Å². The maximum atomic E-state index is 11.6. The molecule has 21 heavy (non-hydrogen) atoms. The van der Waals surface area contributed by atoms with Crippen LogP contribution in [0.3, 0.4) is 0 Å². The summed E-state index contributed by atoms with van der Waals surface area (Å²) < 4.78 is 36.8. The Balaban J connectivity index is 1.78. The lowest BCUT2D eigenvalue weighted by Crippen LogP contribution is -2.41. The van der Waals surface area contributed by atoms with Gasteiger partial charge in [0.05, 0.1) is 28.7 Å². The highest BCUT2D eigenvalue weighted by Gasteiger charge is 2.52. The lowest BCUT2D eigenvalue weighted by atomic mass is 9.82. The van der Waals surface area contributed by atoms with Crippen LogP contribution in [0, 0.1) is 0 Å². The van der Waals surface area contributed by atoms with Gasteiger partial charge in [-0.25, -0.2) is 8.42 Å². The molecule has 0 spiro atoms. The molecule has 3 heterocycles. The quantitative estimate of drug-likeness (QED) is 0.746. The third-order valence-corrected chi connectivity index (χ3v) is 6.48. The van der Waals surface area contributed by atoms with Gasteiger partial charge in [-0.3, -0.25) is 4.68 Å². The van der Waals surface area contributed by atoms with Gasteiger partial charge in [0.25, 0.3) is 0 Å². The molecule has 2 aliphatic heterocycles. The smallest absolute Gasteiger partial charge is 0.399 e. The van der Waals surface area contributed by atoms with Crippen molar-refractivity contribution in [2.45, 2.75) is 51.4 Å². The topological polar surface area (TPSA) is 70.4 Å². The monoisotopic (exact) mass is 312 g/mol.